The van der Waals surface area contributed by atoms with Gasteiger partial charge in [0.25, 0.3) is 10.1 Å². The molecule has 196 valence electrons. The predicted octanol–water partition coefficient (Wildman–Crippen LogP) is 0.0982. The fraction of sp³-hybridized carbons (Fsp3) is 0.476. The van der Waals surface area contributed by atoms with E-state index in [0.717, 1.165) is 6.07 Å². The van der Waals surface area contributed by atoms with Gasteiger partial charge in [-0.15, -0.1) is 0 Å². The molecule has 3 heterocycles. The molecule has 2 saturated heterocycles. The van der Waals surface area contributed by atoms with Crippen molar-refractivity contribution in [2.45, 2.75) is 61.3 Å². The standard InChI is InChI=1S/C21H24N2O11S2/c1-10-5-6-14(36(29,30)31)12(7-10)15-17(24)23(9-22)16(21(3,4)35(27,28)18(15)23)19(25)32-8-13-11(2)33-20(26)34-13/h5-7,15-16,18H,8-9,22H2,1-4H3/p+1/t15-,16+,18-,23?/m1/s1. The van der Waals surface area contributed by atoms with Crippen molar-refractivity contribution in [2.24, 2.45) is 5.73 Å². The summed E-state index contributed by atoms with van der Waals surface area (Å²) < 4.78 is 73.1. The van der Waals surface area contributed by atoms with Gasteiger partial charge in [0.05, 0.1) is 4.90 Å². The molecule has 0 spiro atoms. The number of carbonyl (C=O) groups is 2. The second kappa shape index (κ2) is 8.08. The third-order valence-electron chi connectivity index (χ3n) is 7.07. The van der Waals surface area contributed by atoms with Crippen molar-refractivity contribution in [3.8, 4) is 0 Å². The summed E-state index contributed by atoms with van der Waals surface area (Å²) in [5, 5.41) is -1.60. The number of quaternary nitrogens is 1. The molecule has 4 atom stereocenters. The zero-order chi connectivity index (χ0) is 27.0. The van der Waals surface area contributed by atoms with Crippen LogP contribution >= 0.6 is 0 Å². The number of hydrogen-bond donors (Lipinski definition) is 2. The van der Waals surface area contributed by atoms with Gasteiger partial charge >= 0.3 is 17.7 Å². The molecule has 36 heavy (non-hydrogen) atoms. The monoisotopic (exact) mass is 545 g/mol. The molecule has 1 unspecified atom stereocenters. The minimum atomic E-state index is -4.81. The van der Waals surface area contributed by atoms with E-state index in [-0.39, 0.29) is 17.1 Å². The van der Waals surface area contributed by atoms with Crippen LogP contribution in [0.5, 0.6) is 0 Å². The Bertz CT molecular complexity index is 1550. The first-order chi connectivity index (χ1) is 16.5. The van der Waals surface area contributed by atoms with Crippen LogP contribution in [0.4, 0.5) is 0 Å². The summed E-state index contributed by atoms with van der Waals surface area (Å²) in [4.78, 5) is 37.6. The molecule has 15 heteroatoms. The van der Waals surface area contributed by atoms with Gasteiger partial charge in [0.2, 0.25) is 21.3 Å². The summed E-state index contributed by atoms with van der Waals surface area (Å²) in [5.74, 6) is -4.42. The number of amides is 1. The molecule has 0 aliphatic carbocycles. The Kier molecular flexibility index (Phi) is 5.88. The summed E-state index contributed by atoms with van der Waals surface area (Å²) in [6, 6.07) is 2.19. The van der Waals surface area contributed by atoms with Crippen LogP contribution in [-0.2, 0) is 40.9 Å². The number of sulfone groups is 1. The minimum absolute atomic E-state index is 0.0592. The number of ether oxygens (including phenoxy) is 1. The average Bonchev–Trinajstić information content (AvgIpc) is 3.13. The summed E-state index contributed by atoms with van der Waals surface area (Å²) in [6.45, 7) is 4.39. The number of benzene rings is 1. The molecule has 4 rings (SSSR count). The Morgan fingerprint density at radius 2 is 1.86 bits per heavy atom. The van der Waals surface area contributed by atoms with Gasteiger partial charge in [-0.1, -0.05) is 17.7 Å². The summed E-state index contributed by atoms with van der Waals surface area (Å²) in [5.41, 5.74) is 6.26. The first-order valence-corrected chi connectivity index (χ1v) is 13.7. The summed E-state index contributed by atoms with van der Waals surface area (Å²) in [7, 11) is -9.13. The lowest BCUT2D eigenvalue weighted by Gasteiger charge is -2.50. The zero-order valence-electron chi connectivity index (χ0n) is 19.7. The molecule has 2 fully saturated rings. The van der Waals surface area contributed by atoms with Crippen molar-refractivity contribution in [3.05, 3.63) is 51.5 Å². The van der Waals surface area contributed by atoms with Gasteiger partial charge < -0.3 is 13.6 Å². The van der Waals surface area contributed by atoms with Crippen molar-refractivity contribution in [2.75, 3.05) is 6.67 Å². The van der Waals surface area contributed by atoms with Gasteiger partial charge in [-0.05, 0) is 39.3 Å². The molecule has 0 saturated carbocycles. The normalized spacial score (nSPS) is 28.4. The molecular weight excluding hydrogens is 520 g/mol. The molecule has 2 aliphatic heterocycles. The smallest absolute Gasteiger partial charge is 0.453 e. The number of hydrogen-bond acceptors (Lipinski definition) is 11. The lowest BCUT2D eigenvalue weighted by molar-refractivity contribution is -0.905. The maximum absolute atomic E-state index is 13.7. The van der Waals surface area contributed by atoms with Crippen LogP contribution in [-0.4, -0.2) is 60.6 Å². The number of nitrogens with two attached hydrogens (primary N) is 1. The fourth-order valence-electron chi connectivity index (χ4n) is 5.34. The van der Waals surface area contributed by atoms with Crippen LogP contribution < -0.4 is 11.6 Å². The minimum Gasteiger partial charge on any atom is -0.453 e. The van der Waals surface area contributed by atoms with Crippen LogP contribution in [0.15, 0.2) is 36.7 Å². The van der Waals surface area contributed by atoms with E-state index in [2.05, 4.69) is 0 Å². The molecule has 1 aromatic carbocycles. The molecule has 2 aromatic rings. The third-order valence-corrected chi connectivity index (χ3v) is 11.0. The maximum Gasteiger partial charge on any atom is 0.519 e. The zero-order valence-corrected chi connectivity index (χ0v) is 21.4. The van der Waals surface area contributed by atoms with Crippen molar-refractivity contribution < 1.29 is 49.0 Å². The van der Waals surface area contributed by atoms with Crippen LogP contribution in [0.25, 0.3) is 0 Å². The lowest BCUT2D eigenvalue weighted by atomic mass is 9.82. The van der Waals surface area contributed by atoms with E-state index >= 15 is 0 Å². The molecule has 13 nitrogen and oxygen atoms in total. The number of nitrogens with zero attached hydrogens (tertiary/aromatic N) is 1. The first-order valence-electron chi connectivity index (χ1n) is 10.7. The highest BCUT2D eigenvalue weighted by Crippen LogP contribution is 2.58. The van der Waals surface area contributed by atoms with Gasteiger partial charge in [0.1, 0.15) is 11.4 Å². The summed E-state index contributed by atoms with van der Waals surface area (Å²) >= 11 is 0. The van der Waals surface area contributed by atoms with E-state index in [0.29, 0.717) is 5.56 Å². The van der Waals surface area contributed by atoms with Crippen LogP contribution in [0.1, 0.15) is 42.4 Å². The van der Waals surface area contributed by atoms with E-state index in [1.807, 2.05) is 0 Å². The SMILES string of the molecule is Cc1ccc(S(=O)(=O)O)c([C@@H]2C(=O)[N+]3(CN)[C@@H]2S(=O)(=O)C(C)(C)[C@@H]3C(=O)OCc2oc(=O)oc2C)c1. The second-order valence-electron chi connectivity index (χ2n) is 9.43. The molecule has 0 radical (unpaired) electrons. The summed E-state index contributed by atoms with van der Waals surface area (Å²) in [6.07, 6.45) is 0. The van der Waals surface area contributed by atoms with Gasteiger partial charge in [0.15, 0.2) is 24.0 Å². The maximum atomic E-state index is 13.7. The third kappa shape index (κ3) is 3.41. The van der Waals surface area contributed by atoms with Gasteiger partial charge in [-0.2, -0.15) is 8.42 Å². The van der Waals surface area contributed by atoms with E-state index < -0.39 is 82.4 Å². The van der Waals surface area contributed by atoms with E-state index in [4.69, 9.17) is 19.3 Å². The van der Waals surface area contributed by atoms with E-state index in [1.165, 1.54) is 32.9 Å². The largest absolute Gasteiger partial charge is 0.519 e. The Morgan fingerprint density at radius 1 is 1.22 bits per heavy atom. The van der Waals surface area contributed by atoms with Crippen molar-refractivity contribution in [1.82, 2.24) is 0 Å². The average molecular weight is 546 g/mol. The van der Waals surface area contributed by atoms with Gasteiger partial charge in [-0.3, -0.25) is 10.3 Å². The lowest BCUT2D eigenvalue weighted by Crippen LogP contribution is -2.78. The van der Waals surface area contributed by atoms with Gasteiger partial charge in [-0.25, -0.2) is 27.3 Å². The second-order valence-corrected chi connectivity index (χ2v) is 13.4. The number of esters is 1. The quantitative estimate of drug-likeness (QED) is 0.215. The molecule has 0 bridgehead atoms. The molecular formula is C21H25N2O11S2+. The van der Waals surface area contributed by atoms with Crippen LogP contribution in [0, 0.1) is 13.8 Å². The first kappa shape index (κ1) is 26.2. The Labute approximate surface area is 206 Å². The van der Waals surface area contributed by atoms with Crippen molar-refractivity contribution in [3.63, 3.8) is 0 Å². The Hall–Kier alpha value is -2.85. The highest BCUT2D eigenvalue weighted by atomic mass is 32.2. The predicted molar refractivity (Wildman–Crippen MR) is 120 cm³/mol. The Morgan fingerprint density at radius 3 is 2.39 bits per heavy atom. The number of carbonyl (C=O) groups excluding carboxylic acids is 2. The van der Waals surface area contributed by atoms with E-state index in [9.17, 15) is 35.8 Å². The molecule has 1 aromatic heterocycles. The van der Waals surface area contributed by atoms with Gasteiger partial charge in [0, 0.05) is 0 Å². The highest BCUT2D eigenvalue weighted by molar-refractivity contribution is 7.93. The molecule has 2 aliphatic rings. The van der Waals surface area contributed by atoms with Crippen LogP contribution in [0.3, 0.4) is 0 Å². The highest BCUT2D eigenvalue weighted by Gasteiger charge is 2.84. The molecule has 1 amide bonds. The van der Waals surface area contributed by atoms with Crippen molar-refractivity contribution in [1.29, 1.82) is 0 Å². The number of aryl methyl sites for hydroxylation is 2. The van der Waals surface area contributed by atoms with Crippen LogP contribution in [0.2, 0.25) is 0 Å². The Balaban J connectivity index is 1.81. The topological polar surface area (TPSA) is 201 Å². The van der Waals surface area contributed by atoms with E-state index in [1.54, 1.807) is 6.92 Å². The molecule has 3 N–H and O–H groups in total. The number of rotatable bonds is 6. The fourth-order valence-corrected chi connectivity index (χ4v) is 8.71. The van der Waals surface area contributed by atoms with Crippen molar-refractivity contribution >= 4 is 31.8 Å². The number of β-lactam (4-membered cyclic amide) rings is 1. The number of fused-ring (bicyclic) bond motifs is 1.